The molecule has 0 saturated heterocycles. The standard InChI is InChI=1S/C12H12F2O3/c13-8-5-6-10(14)9(7-8)11(15)3-1-2-4-12(16)17/h5-7H,1-4H2,(H,16,17). The lowest BCUT2D eigenvalue weighted by Gasteiger charge is -2.02. The first kappa shape index (κ1) is 13.3. The highest BCUT2D eigenvalue weighted by molar-refractivity contribution is 5.96. The van der Waals surface area contributed by atoms with E-state index < -0.39 is 23.4 Å². The molecule has 0 unspecified atom stereocenters. The van der Waals surface area contributed by atoms with E-state index in [-0.39, 0.29) is 18.4 Å². The molecule has 92 valence electrons. The van der Waals surface area contributed by atoms with Crippen molar-refractivity contribution in [1.29, 1.82) is 0 Å². The van der Waals surface area contributed by atoms with E-state index in [0.717, 1.165) is 18.2 Å². The molecule has 0 aliphatic rings. The van der Waals surface area contributed by atoms with Crippen LogP contribution < -0.4 is 0 Å². The summed E-state index contributed by atoms with van der Waals surface area (Å²) in [6.45, 7) is 0. The molecule has 0 spiro atoms. The van der Waals surface area contributed by atoms with Crippen molar-refractivity contribution in [3.8, 4) is 0 Å². The van der Waals surface area contributed by atoms with Gasteiger partial charge in [0.15, 0.2) is 5.78 Å². The second kappa shape index (κ2) is 6.08. The number of unbranched alkanes of at least 4 members (excludes halogenated alkanes) is 1. The fourth-order valence-electron chi connectivity index (χ4n) is 1.41. The van der Waals surface area contributed by atoms with Crippen LogP contribution in [0.2, 0.25) is 0 Å². The minimum atomic E-state index is -0.936. The maximum atomic E-state index is 13.2. The zero-order valence-corrected chi connectivity index (χ0v) is 9.08. The van der Waals surface area contributed by atoms with Gasteiger partial charge in [-0.1, -0.05) is 0 Å². The van der Waals surface area contributed by atoms with Crippen LogP contribution in [0.3, 0.4) is 0 Å². The SMILES string of the molecule is O=C(O)CCCCC(=O)c1cc(F)ccc1F. The van der Waals surface area contributed by atoms with E-state index >= 15 is 0 Å². The molecule has 0 aromatic heterocycles. The van der Waals surface area contributed by atoms with Crippen molar-refractivity contribution >= 4 is 11.8 Å². The summed E-state index contributed by atoms with van der Waals surface area (Å²) in [5.41, 5.74) is -0.277. The Labute approximate surface area is 97.1 Å². The van der Waals surface area contributed by atoms with Gasteiger partial charge < -0.3 is 5.11 Å². The topological polar surface area (TPSA) is 54.4 Å². The first-order chi connectivity index (χ1) is 8.00. The maximum Gasteiger partial charge on any atom is 0.303 e. The molecule has 0 aliphatic heterocycles. The van der Waals surface area contributed by atoms with Gasteiger partial charge in [0.2, 0.25) is 0 Å². The Balaban J connectivity index is 2.52. The second-order valence-corrected chi connectivity index (χ2v) is 3.65. The van der Waals surface area contributed by atoms with E-state index in [0.29, 0.717) is 12.8 Å². The molecule has 1 N–H and O–H groups in total. The van der Waals surface area contributed by atoms with E-state index in [9.17, 15) is 18.4 Å². The summed E-state index contributed by atoms with van der Waals surface area (Å²) in [7, 11) is 0. The minimum Gasteiger partial charge on any atom is -0.481 e. The lowest BCUT2D eigenvalue weighted by Crippen LogP contribution is -2.03. The highest BCUT2D eigenvalue weighted by Crippen LogP contribution is 2.14. The van der Waals surface area contributed by atoms with Gasteiger partial charge in [-0.25, -0.2) is 8.78 Å². The van der Waals surface area contributed by atoms with Crippen LogP contribution in [0.5, 0.6) is 0 Å². The molecule has 1 aromatic carbocycles. The third-order valence-corrected chi connectivity index (χ3v) is 2.27. The van der Waals surface area contributed by atoms with Gasteiger partial charge in [0.05, 0.1) is 5.56 Å². The summed E-state index contributed by atoms with van der Waals surface area (Å²) in [4.78, 5) is 21.7. The van der Waals surface area contributed by atoms with Gasteiger partial charge in [-0.2, -0.15) is 0 Å². The van der Waals surface area contributed by atoms with Crippen LogP contribution in [-0.4, -0.2) is 16.9 Å². The predicted octanol–water partition coefficient (Wildman–Crippen LogP) is 2.79. The zero-order valence-electron chi connectivity index (χ0n) is 9.08. The van der Waals surface area contributed by atoms with Crippen LogP contribution in [0.15, 0.2) is 18.2 Å². The number of carboxylic acids is 1. The molecule has 17 heavy (non-hydrogen) atoms. The second-order valence-electron chi connectivity index (χ2n) is 3.65. The zero-order chi connectivity index (χ0) is 12.8. The number of halogens is 2. The molecule has 0 amide bonds. The van der Waals surface area contributed by atoms with Crippen molar-refractivity contribution in [3.63, 3.8) is 0 Å². The summed E-state index contributed by atoms with van der Waals surface area (Å²) in [5, 5.41) is 8.38. The summed E-state index contributed by atoms with van der Waals surface area (Å²) in [6, 6.07) is 2.70. The number of Topliss-reactive ketones (excluding diaryl/α,β-unsaturated/α-hetero) is 1. The number of carboxylic acid groups (broad SMARTS) is 1. The number of hydrogen-bond acceptors (Lipinski definition) is 2. The molecular formula is C12H12F2O3. The average molecular weight is 242 g/mol. The van der Waals surface area contributed by atoms with E-state index in [2.05, 4.69) is 0 Å². The van der Waals surface area contributed by atoms with E-state index in [4.69, 9.17) is 5.11 Å². The van der Waals surface area contributed by atoms with Crippen molar-refractivity contribution < 1.29 is 23.5 Å². The van der Waals surface area contributed by atoms with Crippen molar-refractivity contribution in [3.05, 3.63) is 35.4 Å². The monoisotopic (exact) mass is 242 g/mol. The first-order valence-electron chi connectivity index (χ1n) is 5.20. The Morgan fingerprint density at radius 2 is 1.76 bits per heavy atom. The Morgan fingerprint density at radius 3 is 2.41 bits per heavy atom. The molecule has 0 saturated carbocycles. The van der Waals surface area contributed by atoms with Gasteiger partial charge in [0.25, 0.3) is 0 Å². The molecule has 0 atom stereocenters. The minimum absolute atomic E-state index is 0.0215. The van der Waals surface area contributed by atoms with Gasteiger partial charge in [-0.3, -0.25) is 9.59 Å². The molecule has 0 bridgehead atoms. The van der Waals surface area contributed by atoms with Gasteiger partial charge in [0.1, 0.15) is 11.6 Å². The van der Waals surface area contributed by atoms with Crippen molar-refractivity contribution in [1.82, 2.24) is 0 Å². The fourth-order valence-corrected chi connectivity index (χ4v) is 1.41. The predicted molar refractivity (Wildman–Crippen MR) is 56.8 cm³/mol. The van der Waals surface area contributed by atoms with Gasteiger partial charge in [-0.05, 0) is 31.0 Å². The lowest BCUT2D eigenvalue weighted by atomic mass is 10.0. The van der Waals surface area contributed by atoms with Crippen molar-refractivity contribution in [2.24, 2.45) is 0 Å². The normalized spacial score (nSPS) is 10.2. The van der Waals surface area contributed by atoms with Gasteiger partial charge in [-0.15, -0.1) is 0 Å². The Bertz CT molecular complexity index is 430. The fraction of sp³-hybridized carbons (Fsp3) is 0.333. The largest absolute Gasteiger partial charge is 0.481 e. The molecule has 5 heteroatoms. The van der Waals surface area contributed by atoms with Crippen LogP contribution >= 0.6 is 0 Å². The molecule has 3 nitrogen and oxygen atoms in total. The summed E-state index contributed by atoms with van der Waals surface area (Å²) < 4.78 is 26.0. The lowest BCUT2D eigenvalue weighted by molar-refractivity contribution is -0.137. The van der Waals surface area contributed by atoms with Crippen LogP contribution in [0.1, 0.15) is 36.0 Å². The van der Waals surface area contributed by atoms with Crippen molar-refractivity contribution in [2.75, 3.05) is 0 Å². The smallest absolute Gasteiger partial charge is 0.303 e. The van der Waals surface area contributed by atoms with Gasteiger partial charge in [0, 0.05) is 12.8 Å². The maximum absolute atomic E-state index is 13.2. The number of aliphatic carboxylic acids is 1. The van der Waals surface area contributed by atoms with E-state index in [1.54, 1.807) is 0 Å². The summed E-state index contributed by atoms with van der Waals surface area (Å²) in [5.74, 6) is -2.86. The quantitative estimate of drug-likeness (QED) is 0.616. The third-order valence-electron chi connectivity index (χ3n) is 2.27. The van der Waals surface area contributed by atoms with Crippen LogP contribution in [-0.2, 0) is 4.79 Å². The number of rotatable bonds is 6. The number of carbonyl (C=O) groups excluding carboxylic acids is 1. The Hall–Kier alpha value is -1.78. The molecule has 0 aliphatic carbocycles. The molecule has 0 radical (unpaired) electrons. The molecule has 0 fully saturated rings. The van der Waals surface area contributed by atoms with E-state index in [1.807, 2.05) is 0 Å². The molecular weight excluding hydrogens is 230 g/mol. The third kappa shape index (κ3) is 4.30. The summed E-state index contributed by atoms with van der Waals surface area (Å²) >= 11 is 0. The van der Waals surface area contributed by atoms with Crippen LogP contribution in [0.4, 0.5) is 8.78 Å². The number of hydrogen-bond donors (Lipinski definition) is 1. The molecule has 1 aromatic rings. The molecule has 1 rings (SSSR count). The van der Waals surface area contributed by atoms with E-state index in [1.165, 1.54) is 0 Å². The van der Waals surface area contributed by atoms with Crippen LogP contribution in [0, 0.1) is 11.6 Å². The van der Waals surface area contributed by atoms with Crippen LogP contribution in [0.25, 0.3) is 0 Å². The molecule has 0 heterocycles. The highest BCUT2D eigenvalue weighted by Gasteiger charge is 2.12. The summed E-state index contributed by atoms with van der Waals surface area (Å²) in [6.07, 6.45) is 0.686. The number of benzene rings is 1. The van der Waals surface area contributed by atoms with Gasteiger partial charge >= 0.3 is 5.97 Å². The van der Waals surface area contributed by atoms with Crippen molar-refractivity contribution in [2.45, 2.75) is 25.7 Å². The Kier molecular flexibility index (Phi) is 4.75. The first-order valence-corrected chi connectivity index (χ1v) is 5.20. The number of carbonyl (C=O) groups is 2. The Morgan fingerprint density at radius 1 is 1.12 bits per heavy atom. The highest BCUT2D eigenvalue weighted by atomic mass is 19.1. The number of ketones is 1. The average Bonchev–Trinajstić information content (AvgIpc) is 2.27.